The molecule has 5 nitrogen and oxygen atoms in total. The van der Waals surface area contributed by atoms with Gasteiger partial charge in [0.25, 0.3) is 0 Å². The molecule has 1 spiro atoms. The zero-order valence-corrected chi connectivity index (χ0v) is 14.6. The lowest BCUT2D eigenvalue weighted by Gasteiger charge is -2.44. The van der Waals surface area contributed by atoms with Crippen molar-refractivity contribution in [1.29, 1.82) is 0 Å². The van der Waals surface area contributed by atoms with Crippen LogP contribution in [0.3, 0.4) is 0 Å². The van der Waals surface area contributed by atoms with Gasteiger partial charge in [-0.25, -0.2) is 4.79 Å². The number of hydrogen-bond acceptors (Lipinski definition) is 2. The number of aromatic nitrogens is 2. The van der Waals surface area contributed by atoms with E-state index in [0.29, 0.717) is 5.41 Å². The van der Waals surface area contributed by atoms with E-state index in [4.69, 9.17) is 0 Å². The van der Waals surface area contributed by atoms with Gasteiger partial charge in [0.05, 0.1) is 12.2 Å². The van der Waals surface area contributed by atoms with Crippen LogP contribution in [0.5, 0.6) is 0 Å². The molecule has 1 N–H and O–H groups in total. The van der Waals surface area contributed by atoms with Gasteiger partial charge in [0.15, 0.2) is 0 Å². The van der Waals surface area contributed by atoms with Crippen LogP contribution >= 0.6 is 0 Å². The average Bonchev–Trinajstić information content (AvgIpc) is 2.98. The Labute approximate surface area is 144 Å². The molecule has 1 saturated heterocycles. The zero-order valence-electron chi connectivity index (χ0n) is 14.6. The highest BCUT2D eigenvalue weighted by Crippen LogP contribution is 2.41. The van der Waals surface area contributed by atoms with Crippen LogP contribution in [0.25, 0.3) is 0 Å². The molecule has 4 rings (SSSR count). The maximum Gasteiger partial charge on any atom is 0.317 e. The molecule has 2 atom stereocenters. The Morgan fingerprint density at radius 1 is 1.33 bits per heavy atom. The third-order valence-electron chi connectivity index (χ3n) is 6.18. The summed E-state index contributed by atoms with van der Waals surface area (Å²) in [5.74, 6) is 0. The molecule has 5 heteroatoms. The van der Waals surface area contributed by atoms with Crippen molar-refractivity contribution in [3.05, 3.63) is 29.6 Å². The van der Waals surface area contributed by atoms with Gasteiger partial charge in [-0.3, -0.25) is 4.68 Å². The maximum absolute atomic E-state index is 12.9. The van der Waals surface area contributed by atoms with Crippen LogP contribution in [0, 0.1) is 5.41 Å². The van der Waals surface area contributed by atoms with Crippen LogP contribution < -0.4 is 5.32 Å². The van der Waals surface area contributed by atoms with E-state index >= 15 is 0 Å². The first-order chi connectivity index (χ1) is 11.7. The fourth-order valence-corrected chi connectivity index (χ4v) is 4.79. The van der Waals surface area contributed by atoms with Crippen LogP contribution in [0.4, 0.5) is 4.79 Å². The second kappa shape index (κ2) is 6.26. The summed E-state index contributed by atoms with van der Waals surface area (Å²) in [6.07, 6.45) is 15.7. The number of fused-ring (bicyclic) bond motifs is 1. The monoisotopic (exact) mass is 328 g/mol. The molecule has 2 unspecified atom stereocenters. The predicted octanol–water partition coefficient (Wildman–Crippen LogP) is 3.33. The fraction of sp³-hybridized carbons (Fsp3) is 0.684. The van der Waals surface area contributed by atoms with Crippen molar-refractivity contribution in [2.75, 3.05) is 13.1 Å². The van der Waals surface area contributed by atoms with Crippen molar-refractivity contribution in [1.82, 2.24) is 20.0 Å². The molecule has 1 fully saturated rings. The molecule has 0 aromatic carbocycles. The summed E-state index contributed by atoms with van der Waals surface area (Å²) in [7, 11) is 1.99. The number of piperidine rings is 1. The van der Waals surface area contributed by atoms with Crippen LogP contribution in [0.2, 0.25) is 0 Å². The van der Waals surface area contributed by atoms with E-state index in [2.05, 4.69) is 27.5 Å². The van der Waals surface area contributed by atoms with Gasteiger partial charge in [0, 0.05) is 31.4 Å². The smallest absolute Gasteiger partial charge is 0.317 e. The van der Waals surface area contributed by atoms with Crippen molar-refractivity contribution in [3.63, 3.8) is 0 Å². The SMILES string of the molecule is Cn1ncc2c1CCCC2NC(=O)N1CCCC2(CC=CCC2)C1. The van der Waals surface area contributed by atoms with Gasteiger partial charge in [0.1, 0.15) is 0 Å². The molecule has 0 saturated carbocycles. The summed E-state index contributed by atoms with van der Waals surface area (Å²) in [6.45, 7) is 1.81. The van der Waals surface area contributed by atoms with Crippen molar-refractivity contribution < 1.29 is 4.79 Å². The summed E-state index contributed by atoms with van der Waals surface area (Å²) < 4.78 is 1.96. The summed E-state index contributed by atoms with van der Waals surface area (Å²) in [5.41, 5.74) is 2.82. The number of carbonyl (C=O) groups is 1. The molecule has 24 heavy (non-hydrogen) atoms. The zero-order chi connectivity index (χ0) is 16.6. The number of hydrogen-bond donors (Lipinski definition) is 1. The lowest BCUT2D eigenvalue weighted by Crippen LogP contribution is -2.50. The lowest BCUT2D eigenvalue weighted by molar-refractivity contribution is 0.0942. The maximum atomic E-state index is 12.9. The van der Waals surface area contributed by atoms with E-state index in [1.54, 1.807) is 0 Å². The Bertz CT molecular complexity index is 650. The van der Waals surface area contributed by atoms with Crippen molar-refractivity contribution in [2.45, 2.75) is 57.4 Å². The number of likely N-dealkylation sites (tertiary alicyclic amines) is 1. The number of carbonyl (C=O) groups excluding carboxylic acids is 1. The predicted molar refractivity (Wildman–Crippen MR) is 93.6 cm³/mol. The highest BCUT2D eigenvalue weighted by molar-refractivity contribution is 5.75. The van der Waals surface area contributed by atoms with Gasteiger partial charge in [-0.15, -0.1) is 0 Å². The summed E-state index contributed by atoms with van der Waals surface area (Å²) in [5, 5.41) is 7.68. The number of urea groups is 1. The summed E-state index contributed by atoms with van der Waals surface area (Å²) in [6, 6.07) is 0.240. The molecule has 1 aromatic heterocycles. The Hall–Kier alpha value is -1.78. The number of allylic oxidation sites excluding steroid dienone is 2. The van der Waals surface area contributed by atoms with E-state index in [-0.39, 0.29) is 12.1 Å². The Morgan fingerprint density at radius 2 is 2.25 bits per heavy atom. The molecule has 2 amide bonds. The van der Waals surface area contributed by atoms with Crippen molar-refractivity contribution in [3.8, 4) is 0 Å². The van der Waals surface area contributed by atoms with E-state index in [0.717, 1.165) is 51.6 Å². The van der Waals surface area contributed by atoms with Gasteiger partial charge in [-0.05, 0) is 56.8 Å². The first kappa shape index (κ1) is 15.7. The molecular weight excluding hydrogens is 300 g/mol. The fourth-order valence-electron chi connectivity index (χ4n) is 4.79. The molecule has 0 bridgehead atoms. The van der Waals surface area contributed by atoms with E-state index < -0.39 is 0 Å². The second-order valence-corrected chi connectivity index (χ2v) is 7.80. The van der Waals surface area contributed by atoms with E-state index in [9.17, 15) is 4.79 Å². The number of amides is 2. The molecule has 0 radical (unpaired) electrons. The number of rotatable bonds is 1. The summed E-state index contributed by atoms with van der Waals surface area (Å²) >= 11 is 0. The minimum atomic E-state index is 0.116. The quantitative estimate of drug-likeness (QED) is 0.804. The first-order valence-corrected chi connectivity index (χ1v) is 9.38. The van der Waals surface area contributed by atoms with Crippen molar-refractivity contribution >= 4 is 6.03 Å². The molecular formula is C19H28N4O. The standard InChI is InChI=1S/C19H28N4O/c1-22-17-8-5-7-16(15(17)13-20-22)21-18(24)23-12-6-11-19(14-23)9-3-2-4-10-19/h2-3,13,16H,4-12,14H2,1H3,(H,21,24). The first-order valence-electron chi connectivity index (χ1n) is 9.38. The third-order valence-corrected chi connectivity index (χ3v) is 6.18. The second-order valence-electron chi connectivity index (χ2n) is 7.80. The van der Waals surface area contributed by atoms with E-state index in [1.807, 2.05) is 17.9 Å². The Morgan fingerprint density at radius 3 is 3.08 bits per heavy atom. The number of aryl methyl sites for hydroxylation is 1. The van der Waals surface area contributed by atoms with E-state index in [1.165, 1.54) is 24.1 Å². The normalized spacial score (nSPS) is 29.5. The highest BCUT2D eigenvalue weighted by Gasteiger charge is 2.37. The molecule has 2 heterocycles. The minimum absolute atomic E-state index is 0.116. The number of nitrogens with zero attached hydrogens (tertiary/aromatic N) is 3. The van der Waals surface area contributed by atoms with Crippen LogP contribution in [-0.2, 0) is 13.5 Å². The summed E-state index contributed by atoms with van der Waals surface area (Å²) in [4.78, 5) is 14.9. The van der Waals surface area contributed by atoms with Crippen LogP contribution in [0.1, 0.15) is 62.2 Å². The van der Waals surface area contributed by atoms with Crippen molar-refractivity contribution in [2.24, 2.45) is 12.5 Å². The van der Waals surface area contributed by atoms with Gasteiger partial charge >= 0.3 is 6.03 Å². The van der Waals surface area contributed by atoms with Gasteiger partial charge in [-0.1, -0.05) is 12.2 Å². The highest BCUT2D eigenvalue weighted by atomic mass is 16.2. The van der Waals surface area contributed by atoms with Crippen LogP contribution in [-0.4, -0.2) is 33.8 Å². The van der Waals surface area contributed by atoms with Gasteiger partial charge in [0.2, 0.25) is 0 Å². The van der Waals surface area contributed by atoms with Gasteiger partial charge in [-0.2, -0.15) is 5.10 Å². The minimum Gasteiger partial charge on any atom is -0.331 e. The van der Waals surface area contributed by atoms with Crippen LogP contribution in [0.15, 0.2) is 18.3 Å². The molecule has 1 aliphatic heterocycles. The largest absolute Gasteiger partial charge is 0.331 e. The van der Waals surface area contributed by atoms with Gasteiger partial charge < -0.3 is 10.2 Å². The Kier molecular flexibility index (Phi) is 4.10. The topological polar surface area (TPSA) is 50.2 Å². The number of nitrogens with one attached hydrogen (secondary N) is 1. The average molecular weight is 328 g/mol. The molecule has 2 aliphatic carbocycles. The third kappa shape index (κ3) is 2.85. The molecule has 130 valence electrons. The Balaban J connectivity index is 1.44. The lowest BCUT2D eigenvalue weighted by atomic mass is 9.71. The molecule has 1 aromatic rings. The molecule has 3 aliphatic rings.